The van der Waals surface area contributed by atoms with E-state index in [-0.39, 0.29) is 5.78 Å². The highest BCUT2D eigenvalue weighted by atomic mass is 19.4. The third-order valence-corrected chi connectivity index (χ3v) is 2.09. The molecule has 0 heterocycles. The number of ketones is 1. The molecule has 0 aliphatic heterocycles. The fourth-order valence-electron chi connectivity index (χ4n) is 1.09. The van der Waals surface area contributed by atoms with Crippen LogP contribution in [0.4, 0.5) is 13.2 Å². The summed E-state index contributed by atoms with van der Waals surface area (Å²) in [5.74, 6) is -2.52. The Hall–Kier alpha value is -1.40. The molecule has 0 atom stereocenters. The highest BCUT2D eigenvalue weighted by Crippen LogP contribution is 2.13. The normalized spacial score (nSPS) is 10.3. The number of hydrogen-bond acceptors (Lipinski definition) is 3. The molecule has 0 aliphatic rings. The number of Topliss-reactive ketones (excluding diaryl/α,β-unsaturated/α-hetero) is 1. The zero-order valence-corrected chi connectivity index (χ0v) is 10.8. The molecule has 1 N–H and O–H groups in total. The summed E-state index contributed by atoms with van der Waals surface area (Å²) >= 11 is 0. The first-order valence-corrected chi connectivity index (χ1v) is 6.01. The second-order valence-electron chi connectivity index (χ2n) is 3.86. The molecule has 0 spiro atoms. The van der Waals surface area contributed by atoms with Gasteiger partial charge in [0.2, 0.25) is 0 Å². The van der Waals surface area contributed by atoms with Crippen LogP contribution >= 0.6 is 0 Å². The van der Waals surface area contributed by atoms with Crippen molar-refractivity contribution in [2.75, 3.05) is 0 Å². The maximum Gasteiger partial charge on any atom is 0.490 e. The van der Waals surface area contributed by atoms with E-state index in [9.17, 15) is 22.8 Å². The molecule has 0 saturated heterocycles. The molecule has 112 valence electrons. The van der Waals surface area contributed by atoms with Crippen LogP contribution in [-0.4, -0.2) is 29.3 Å². The van der Waals surface area contributed by atoms with Crippen molar-refractivity contribution >= 4 is 18.0 Å². The van der Waals surface area contributed by atoms with Crippen molar-refractivity contribution in [3.05, 3.63) is 0 Å². The lowest BCUT2D eigenvalue weighted by Gasteiger charge is -1.97. The van der Waals surface area contributed by atoms with E-state index >= 15 is 0 Å². The van der Waals surface area contributed by atoms with Crippen molar-refractivity contribution in [3.63, 3.8) is 0 Å². The molecule has 0 aromatic rings. The predicted octanol–water partition coefficient (Wildman–Crippen LogP) is 3.14. The van der Waals surface area contributed by atoms with Crippen LogP contribution in [0, 0.1) is 0 Å². The summed E-state index contributed by atoms with van der Waals surface area (Å²) in [4.78, 5) is 29.8. The third kappa shape index (κ3) is 16.6. The van der Waals surface area contributed by atoms with Gasteiger partial charge in [0.25, 0.3) is 0 Å². The summed E-state index contributed by atoms with van der Waals surface area (Å²) < 4.78 is 31.7. The molecule has 4 nitrogen and oxygen atoms in total. The average molecular weight is 284 g/mol. The fourth-order valence-corrected chi connectivity index (χ4v) is 1.09. The second-order valence-corrected chi connectivity index (χ2v) is 3.86. The summed E-state index contributed by atoms with van der Waals surface area (Å²) in [6.07, 6.45) is 1.76. The van der Waals surface area contributed by atoms with Crippen LogP contribution in [0.1, 0.15) is 51.9 Å². The first-order valence-electron chi connectivity index (χ1n) is 6.01. The number of aldehydes is 1. The number of carboxylic acids is 1. The van der Waals surface area contributed by atoms with Gasteiger partial charge in [-0.3, -0.25) is 4.79 Å². The molecule has 0 aromatic heterocycles. The number of alkyl halides is 3. The van der Waals surface area contributed by atoms with E-state index in [1.165, 1.54) is 12.8 Å². The summed E-state index contributed by atoms with van der Waals surface area (Å²) in [6.45, 7) is 2.15. The molecule has 7 heteroatoms. The zero-order chi connectivity index (χ0) is 15.3. The molecule has 0 saturated carbocycles. The molecular weight excluding hydrogens is 265 g/mol. The van der Waals surface area contributed by atoms with Gasteiger partial charge in [-0.15, -0.1) is 0 Å². The molecule has 0 fully saturated rings. The Morgan fingerprint density at radius 2 is 1.63 bits per heavy atom. The number of carbonyl (C=O) groups excluding carboxylic acids is 2. The predicted molar refractivity (Wildman–Crippen MR) is 62.8 cm³/mol. The average Bonchev–Trinajstić information content (AvgIpc) is 2.31. The van der Waals surface area contributed by atoms with Gasteiger partial charge in [-0.1, -0.05) is 26.2 Å². The molecule has 19 heavy (non-hydrogen) atoms. The van der Waals surface area contributed by atoms with Crippen molar-refractivity contribution in [1.82, 2.24) is 0 Å². The Labute approximate surface area is 110 Å². The standard InChI is InChI=1S/C10H18O2.C2HF3O2/c1-2-3-4-5-7-10(12)8-6-9-11;3-2(4,5)1(6)7/h9H,2-8H2,1H3;(H,6,7). The van der Waals surface area contributed by atoms with E-state index in [1.54, 1.807) is 0 Å². The molecular formula is C12H19F3O4. The van der Waals surface area contributed by atoms with Crippen LogP contribution < -0.4 is 0 Å². The van der Waals surface area contributed by atoms with E-state index in [2.05, 4.69) is 6.92 Å². The lowest BCUT2D eigenvalue weighted by atomic mass is 10.1. The number of hydrogen-bond donors (Lipinski definition) is 1. The first kappa shape index (κ1) is 19.9. The Morgan fingerprint density at radius 1 is 1.11 bits per heavy atom. The van der Waals surface area contributed by atoms with Crippen molar-refractivity contribution < 1.29 is 32.7 Å². The number of aliphatic carboxylic acids is 1. The molecule has 0 rings (SSSR count). The van der Waals surface area contributed by atoms with Gasteiger partial charge in [-0.25, -0.2) is 4.79 Å². The number of unbranched alkanes of at least 4 members (excludes halogenated alkanes) is 3. The van der Waals surface area contributed by atoms with E-state index in [0.29, 0.717) is 19.3 Å². The highest BCUT2D eigenvalue weighted by molar-refractivity contribution is 5.80. The number of rotatable bonds is 8. The summed E-state index contributed by atoms with van der Waals surface area (Å²) in [5.41, 5.74) is 0. The van der Waals surface area contributed by atoms with Gasteiger partial charge >= 0.3 is 12.1 Å². The van der Waals surface area contributed by atoms with Crippen molar-refractivity contribution in [2.45, 2.75) is 58.0 Å². The van der Waals surface area contributed by atoms with Gasteiger partial charge in [0.1, 0.15) is 12.1 Å². The Morgan fingerprint density at radius 3 is 2.00 bits per heavy atom. The molecule has 0 aromatic carbocycles. The summed E-state index contributed by atoms with van der Waals surface area (Å²) in [5, 5.41) is 7.12. The molecule has 0 amide bonds. The van der Waals surface area contributed by atoms with Gasteiger partial charge in [-0.05, 0) is 6.42 Å². The van der Waals surface area contributed by atoms with E-state index in [4.69, 9.17) is 9.90 Å². The molecule has 0 bridgehead atoms. The number of carbonyl (C=O) groups is 3. The number of carboxylic acid groups (broad SMARTS) is 1. The second kappa shape index (κ2) is 11.7. The monoisotopic (exact) mass is 284 g/mol. The Kier molecular flexibility index (Phi) is 12.2. The number of halogens is 3. The van der Waals surface area contributed by atoms with E-state index in [0.717, 1.165) is 19.1 Å². The van der Waals surface area contributed by atoms with Crippen LogP contribution in [0.5, 0.6) is 0 Å². The lowest BCUT2D eigenvalue weighted by Crippen LogP contribution is -2.21. The minimum Gasteiger partial charge on any atom is -0.475 e. The quantitative estimate of drug-likeness (QED) is 0.549. The summed E-state index contributed by atoms with van der Waals surface area (Å²) in [6, 6.07) is 0. The van der Waals surface area contributed by atoms with Crippen LogP contribution in [-0.2, 0) is 14.4 Å². The largest absolute Gasteiger partial charge is 0.490 e. The fraction of sp³-hybridized carbons (Fsp3) is 0.750. The lowest BCUT2D eigenvalue weighted by molar-refractivity contribution is -0.192. The minimum atomic E-state index is -5.08. The van der Waals surface area contributed by atoms with Crippen LogP contribution in [0.2, 0.25) is 0 Å². The molecule has 0 radical (unpaired) electrons. The van der Waals surface area contributed by atoms with E-state index in [1.807, 2.05) is 0 Å². The van der Waals surface area contributed by atoms with Gasteiger partial charge in [-0.2, -0.15) is 13.2 Å². The van der Waals surface area contributed by atoms with Crippen LogP contribution in [0.15, 0.2) is 0 Å². The minimum absolute atomic E-state index is 0.234. The van der Waals surface area contributed by atoms with Crippen LogP contribution in [0.3, 0.4) is 0 Å². The van der Waals surface area contributed by atoms with Gasteiger partial charge in [0.05, 0.1) is 0 Å². The SMILES string of the molecule is CCCCCCC(=O)CCC=O.O=C(O)C(F)(F)F. The van der Waals surface area contributed by atoms with Crippen molar-refractivity contribution in [2.24, 2.45) is 0 Å². The molecule has 0 unspecified atom stereocenters. The smallest absolute Gasteiger partial charge is 0.475 e. The van der Waals surface area contributed by atoms with Crippen molar-refractivity contribution in [1.29, 1.82) is 0 Å². The van der Waals surface area contributed by atoms with Gasteiger partial charge < -0.3 is 9.90 Å². The maximum absolute atomic E-state index is 11.0. The third-order valence-electron chi connectivity index (χ3n) is 2.09. The topological polar surface area (TPSA) is 71.4 Å². The Bertz CT molecular complexity index is 275. The molecule has 0 aliphatic carbocycles. The van der Waals surface area contributed by atoms with Gasteiger partial charge in [0.15, 0.2) is 0 Å². The first-order chi connectivity index (χ1) is 8.75. The maximum atomic E-state index is 11.0. The van der Waals surface area contributed by atoms with Gasteiger partial charge in [0, 0.05) is 19.3 Å². The highest BCUT2D eigenvalue weighted by Gasteiger charge is 2.38. The van der Waals surface area contributed by atoms with Crippen LogP contribution in [0.25, 0.3) is 0 Å². The Balaban J connectivity index is 0. The van der Waals surface area contributed by atoms with Crippen molar-refractivity contribution in [3.8, 4) is 0 Å². The summed E-state index contributed by atoms with van der Waals surface area (Å²) in [7, 11) is 0. The van der Waals surface area contributed by atoms with E-state index < -0.39 is 12.1 Å². The zero-order valence-electron chi connectivity index (χ0n) is 10.8.